The number of aliphatic imine (C=N–C) groups is 1. The largest absolute Gasteiger partial charge is 0.453 e. The first-order valence-electron chi connectivity index (χ1n) is 32.9. The maximum atomic E-state index is 15.5. The first-order valence-corrected chi connectivity index (χ1v) is 32.9. The van der Waals surface area contributed by atoms with Crippen molar-refractivity contribution in [1.29, 1.82) is 0 Å². The van der Waals surface area contributed by atoms with Gasteiger partial charge < -0.3 is 101 Å². The topological polar surface area (TPSA) is 547 Å². The number of guanidine groups is 1. The first kappa shape index (κ1) is 83.8. The number of ether oxygens (including phenoxy) is 1. The summed E-state index contributed by atoms with van der Waals surface area (Å²) in [5.74, 6) is -17.6. The summed E-state index contributed by atoms with van der Waals surface area (Å²) in [5.41, 5.74) is 18.0. The summed E-state index contributed by atoms with van der Waals surface area (Å²) in [6.45, 7) is 15.1. The Kier molecular flexibility index (Phi) is 34.8. The fraction of sp³-hybridized carbons (Fsp3) is 0.600. The van der Waals surface area contributed by atoms with Crippen molar-refractivity contribution in [3.63, 3.8) is 0 Å². The van der Waals surface area contributed by atoms with Crippen LogP contribution in [0, 0.1) is 29.6 Å². The van der Waals surface area contributed by atoms with E-state index in [1.165, 1.54) is 44.2 Å². The van der Waals surface area contributed by atoms with Crippen molar-refractivity contribution in [3.8, 4) is 0 Å². The Labute approximate surface area is 575 Å². The lowest BCUT2D eigenvalue weighted by atomic mass is 9.95. The fourth-order valence-electron chi connectivity index (χ4n) is 10.1. The maximum absolute atomic E-state index is 15.5. The molecular formula is C65H102N16O18. The van der Waals surface area contributed by atoms with Gasteiger partial charge in [0.1, 0.15) is 48.3 Å². The Morgan fingerprint density at radius 2 is 1.17 bits per heavy atom. The van der Waals surface area contributed by atoms with Gasteiger partial charge in [-0.05, 0) is 86.3 Å². The van der Waals surface area contributed by atoms with Crippen molar-refractivity contribution in [1.82, 2.24) is 58.5 Å². The molecule has 0 saturated carbocycles. The smallest absolute Gasteiger partial charge is 0.331 e. The van der Waals surface area contributed by atoms with Crippen LogP contribution in [0.5, 0.6) is 0 Å². The molecule has 0 aliphatic carbocycles. The number of nitrogens with one attached hydrogen (secondary N) is 12. The van der Waals surface area contributed by atoms with Crippen LogP contribution in [0.1, 0.15) is 126 Å². The number of cyclic esters (lactones) is 1. The van der Waals surface area contributed by atoms with Crippen molar-refractivity contribution in [2.24, 2.45) is 51.8 Å². The van der Waals surface area contributed by atoms with Gasteiger partial charge in [-0.25, -0.2) is 9.59 Å². The summed E-state index contributed by atoms with van der Waals surface area (Å²) < 4.78 is 5.94. The highest BCUT2D eigenvalue weighted by molar-refractivity contribution is 6.02. The molecule has 2 aromatic rings. The molecule has 34 nitrogen and oxygen atoms in total. The van der Waals surface area contributed by atoms with E-state index in [1.807, 2.05) is 24.5 Å². The second-order valence-electron chi connectivity index (χ2n) is 26.0. The number of carbonyl (C=O) groups is 13. The fourth-order valence-corrected chi connectivity index (χ4v) is 10.1. The lowest BCUT2D eigenvalue weighted by Crippen LogP contribution is -2.64. The molecule has 15 atom stereocenters. The summed E-state index contributed by atoms with van der Waals surface area (Å²) in [4.78, 5) is 188. The zero-order valence-electron chi connectivity index (χ0n) is 57.8. The second-order valence-corrected chi connectivity index (χ2v) is 26.0. The minimum absolute atomic E-state index is 0.0597. The number of carbonyl (C=O) groups excluding carboxylic acids is 13. The lowest BCUT2D eigenvalue weighted by molar-refractivity contribution is -0.159. The Morgan fingerprint density at radius 1 is 0.626 bits per heavy atom. The second kappa shape index (κ2) is 41.1. The highest BCUT2D eigenvalue weighted by atomic mass is 16.5. The molecule has 0 radical (unpaired) electrons. The Bertz CT molecular complexity index is 3100. The monoisotopic (exact) mass is 1390 g/mol. The van der Waals surface area contributed by atoms with E-state index in [-0.39, 0.29) is 68.4 Å². The number of para-hydroxylation sites is 1. The Hall–Kier alpha value is -9.38. The molecule has 1 aliphatic heterocycles. The molecule has 1 heterocycles. The lowest BCUT2D eigenvalue weighted by Gasteiger charge is -2.34. The molecule has 99 heavy (non-hydrogen) atoms. The minimum Gasteiger partial charge on any atom is -0.453 e. The molecule has 3 rings (SSSR count). The van der Waals surface area contributed by atoms with Gasteiger partial charge in [0.15, 0.2) is 24.2 Å². The summed E-state index contributed by atoms with van der Waals surface area (Å²) >= 11 is 0. The highest BCUT2D eigenvalue weighted by Crippen LogP contribution is 2.25. The molecule has 1 saturated heterocycles. The van der Waals surface area contributed by atoms with Crippen LogP contribution in [0.25, 0.3) is 0 Å². The number of benzene rings is 2. The van der Waals surface area contributed by atoms with Gasteiger partial charge in [-0.15, -0.1) is 0 Å². The van der Waals surface area contributed by atoms with Gasteiger partial charge in [-0.1, -0.05) is 124 Å². The van der Waals surface area contributed by atoms with Crippen LogP contribution in [0.3, 0.4) is 0 Å². The zero-order valence-corrected chi connectivity index (χ0v) is 57.8. The number of esters is 1. The summed E-state index contributed by atoms with van der Waals surface area (Å²) in [5, 5.41) is 73.3. The Morgan fingerprint density at radius 3 is 1.73 bits per heavy atom. The first-order chi connectivity index (χ1) is 46.5. The van der Waals surface area contributed by atoms with E-state index >= 15 is 9.59 Å². The minimum atomic E-state index is -2.59. The van der Waals surface area contributed by atoms with Gasteiger partial charge in [-0.2, -0.15) is 0 Å². The van der Waals surface area contributed by atoms with Crippen molar-refractivity contribution in [2.75, 3.05) is 25.0 Å². The molecule has 1 fully saturated rings. The predicted octanol–water partition coefficient (Wildman–Crippen LogP) is -3.57. The SMILES string of the molecule is CC[C@H](C)[C@@H]1NC(=O)[C@@H](CCCN=C(N)NC(=O)Nc2ccccc2)NC(=O)[C@H](CC(C)C)NC(=O)[C@H]([C@H](O)C(C)C)NC(=O)[C@@H](NC(=O)[C@H](CC(C)C)NC(=O)[C@H](N)CC(C)C)[C@@H](c2ccccc2)OC(=O)[C@H](CO)NC(=O)[C@H]([C@H](O)C(N)=O)NC(=O)CNC(=O)[C@H]([C@H](C)O)NC1=O. The van der Waals surface area contributed by atoms with E-state index in [1.54, 1.807) is 71.9 Å². The van der Waals surface area contributed by atoms with Crippen molar-refractivity contribution < 1.29 is 87.5 Å². The van der Waals surface area contributed by atoms with Gasteiger partial charge in [0.2, 0.25) is 65.0 Å². The third-order valence-corrected chi connectivity index (χ3v) is 15.7. The summed E-state index contributed by atoms with van der Waals surface area (Å²) in [7, 11) is 0. The van der Waals surface area contributed by atoms with E-state index in [9.17, 15) is 73.2 Å². The number of hydrogen-bond donors (Lipinski definition) is 19. The van der Waals surface area contributed by atoms with E-state index < -0.39 is 193 Å². The highest BCUT2D eigenvalue weighted by Gasteiger charge is 2.44. The molecule has 13 amide bonds. The number of aliphatic hydroxyl groups excluding tert-OH is 4. The summed E-state index contributed by atoms with van der Waals surface area (Å²) in [6, 6.07) is -3.48. The van der Waals surface area contributed by atoms with Gasteiger partial charge in [-0.3, -0.25) is 63.0 Å². The number of nitrogens with two attached hydrogens (primary N) is 3. The average molecular weight is 1400 g/mol. The Balaban J connectivity index is 2.39. The molecule has 2 aromatic carbocycles. The molecule has 0 bridgehead atoms. The van der Waals surface area contributed by atoms with Crippen LogP contribution < -0.4 is 81.0 Å². The van der Waals surface area contributed by atoms with E-state index in [0.29, 0.717) is 5.69 Å². The normalized spacial score (nSPS) is 23.7. The van der Waals surface area contributed by atoms with Crippen molar-refractivity contribution >= 4 is 88.6 Å². The van der Waals surface area contributed by atoms with Crippen LogP contribution in [0.15, 0.2) is 65.7 Å². The van der Waals surface area contributed by atoms with Crippen molar-refractivity contribution in [3.05, 3.63) is 66.2 Å². The molecule has 1 aliphatic rings. The van der Waals surface area contributed by atoms with Gasteiger partial charge in [0.05, 0.1) is 31.4 Å². The standard InChI is InChI=1S/C65H102N16O18/c1-12-35(10)45-59(93)78-46(36(11)83)58(92)70-29-44(84)76-48(51(86)53(67)87)61(95)75-43(30-82)63(97)99-52(37-20-15-13-16-21-37)49(80-57(91)42(28-33(6)7)73-54(88)39(66)26-31(2)3)62(96)79-47(50(85)34(8)9)60(94)74-41(27-32(4)5)56(90)72-40(55(89)77-45)24-19-25-69-64(68)81-65(98)71-38-22-17-14-18-23-38/h13-18,20-23,31-36,39-43,45-52,82-83,85-86H,12,19,24-30,66H2,1-11H3,(H2,67,87)(H,70,92)(H,72,90)(H,73,88)(H,74,94)(H,75,95)(H,76,84)(H,77,89)(H,78,93)(H,79,96)(H,80,91)(H4,68,69,71,81,98)/t35-,36-,39+,40+,41-,42-,43-,45-,46-,47-,48-,49-,50+,51-,52+/m0/s1. The van der Waals surface area contributed by atoms with Gasteiger partial charge >= 0.3 is 12.0 Å². The molecule has 550 valence electrons. The van der Waals surface area contributed by atoms with Gasteiger partial charge in [0, 0.05) is 12.2 Å². The van der Waals surface area contributed by atoms with Crippen LogP contribution in [-0.4, -0.2) is 202 Å². The third kappa shape index (κ3) is 27.8. The number of aliphatic hydroxyl groups is 4. The molecular weight excluding hydrogens is 1290 g/mol. The van der Waals surface area contributed by atoms with E-state index in [0.717, 1.165) is 6.92 Å². The van der Waals surface area contributed by atoms with Crippen molar-refractivity contribution in [2.45, 2.75) is 200 Å². The number of nitrogens with zero attached hydrogens (tertiary/aromatic N) is 1. The van der Waals surface area contributed by atoms with Crippen LogP contribution >= 0.6 is 0 Å². The quantitative estimate of drug-likeness (QED) is 0.0209. The third-order valence-electron chi connectivity index (χ3n) is 15.7. The van der Waals surface area contributed by atoms with Crippen LogP contribution in [0.4, 0.5) is 10.5 Å². The van der Waals surface area contributed by atoms with Crippen LogP contribution in [0.2, 0.25) is 0 Å². The molecule has 0 spiro atoms. The zero-order chi connectivity index (χ0) is 74.5. The molecule has 34 heteroatoms. The number of anilines is 1. The summed E-state index contributed by atoms with van der Waals surface area (Å²) in [6.07, 6.45) is -8.43. The van der Waals surface area contributed by atoms with E-state index in [4.69, 9.17) is 21.9 Å². The predicted molar refractivity (Wildman–Crippen MR) is 361 cm³/mol. The maximum Gasteiger partial charge on any atom is 0.331 e. The molecule has 0 unspecified atom stereocenters. The van der Waals surface area contributed by atoms with Gasteiger partial charge in [0.25, 0.3) is 0 Å². The number of rotatable bonds is 24. The number of urea groups is 1. The number of primary amides is 1. The molecule has 0 aromatic heterocycles. The molecule has 22 N–H and O–H groups in total. The average Bonchev–Trinajstić information content (AvgIpc) is 0.878. The van der Waals surface area contributed by atoms with Crippen LogP contribution in [-0.2, 0) is 62.3 Å². The number of hydrogen-bond acceptors (Lipinski definition) is 20. The van der Waals surface area contributed by atoms with E-state index in [2.05, 4.69) is 58.2 Å². The number of amides is 13.